The molecule has 0 saturated heterocycles. The summed E-state index contributed by atoms with van der Waals surface area (Å²) in [6.07, 6.45) is 1.71. The van der Waals surface area contributed by atoms with Crippen molar-refractivity contribution in [3.63, 3.8) is 0 Å². The van der Waals surface area contributed by atoms with E-state index in [4.69, 9.17) is 27.5 Å². The third-order valence-electron chi connectivity index (χ3n) is 3.35. The molecule has 19 heavy (non-hydrogen) atoms. The van der Waals surface area contributed by atoms with Crippen molar-refractivity contribution >= 4 is 17.4 Å². The Morgan fingerprint density at radius 1 is 1.32 bits per heavy atom. The molecule has 0 amide bonds. The molecule has 0 fully saturated rings. The monoisotopic (exact) mass is 282 g/mol. The lowest BCUT2D eigenvalue weighted by atomic mass is 9.87. The van der Waals surface area contributed by atoms with Crippen LogP contribution in [0.2, 0.25) is 5.02 Å². The highest BCUT2D eigenvalue weighted by atomic mass is 35.5. The maximum atomic E-state index is 7.51. The minimum atomic E-state index is -0.257. The van der Waals surface area contributed by atoms with Crippen LogP contribution in [0.15, 0.2) is 12.1 Å². The van der Waals surface area contributed by atoms with Crippen molar-refractivity contribution in [1.29, 1.82) is 5.41 Å². The molecule has 0 aliphatic carbocycles. The number of nitrogens with two attached hydrogens (primary N) is 1. The first-order valence-corrected chi connectivity index (χ1v) is 6.86. The zero-order valence-corrected chi connectivity index (χ0v) is 12.9. The first kappa shape index (κ1) is 15.8. The highest BCUT2D eigenvalue weighted by molar-refractivity contribution is 6.30. The third kappa shape index (κ3) is 4.43. The van der Waals surface area contributed by atoms with Gasteiger partial charge in [-0.25, -0.2) is 0 Å². The van der Waals surface area contributed by atoms with Gasteiger partial charge in [0, 0.05) is 10.4 Å². The largest absolute Gasteiger partial charge is 0.493 e. The molecular formula is C15H23ClN2O. The molecule has 0 radical (unpaired) electrons. The van der Waals surface area contributed by atoms with Crippen LogP contribution in [0.3, 0.4) is 0 Å². The maximum Gasteiger partial charge on any atom is 0.125 e. The molecule has 0 bridgehead atoms. The summed E-state index contributed by atoms with van der Waals surface area (Å²) in [4.78, 5) is 0. The van der Waals surface area contributed by atoms with Crippen LogP contribution in [-0.4, -0.2) is 12.4 Å². The van der Waals surface area contributed by atoms with Gasteiger partial charge in [0.05, 0.1) is 12.4 Å². The molecule has 1 rings (SSSR count). The van der Waals surface area contributed by atoms with Crippen molar-refractivity contribution in [2.45, 2.75) is 40.5 Å². The Balaban J connectivity index is 2.53. The van der Waals surface area contributed by atoms with Crippen molar-refractivity contribution < 1.29 is 4.74 Å². The van der Waals surface area contributed by atoms with Gasteiger partial charge in [0.25, 0.3) is 0 Å². The van der Waals surface area contributed by atoms with Crippen LogP contribution in [0.4, 0.5) is 0 Å². The van der Waals surface area contributed by atoms with Gasteiger partial charge < -0.3 is 10.5 Å². The Hall–Kier alpha value is -1.22. The van der Waals surface area contributed by atoms with Gasteiger partial charge in [-0.2, -0.15) is 0 Å². The molecule has 4 heteroatoms. The van der Waals surface area contributed by atoms with Gasteiger partial charge in [-0.3, -0.25) is 5.41 Å². The Labute approximate surface area is 120 Å². The minimum Gasteiger partial charge on any atom is -0.493 e. The first-order valence-electron chi connectivity index (χ1n) is 6.48. The second-order valence-corrected chi connectivity index (χ2v) is 6.05. The Bertz CT molecular complexity index is 446. The molecule has 0 aliphatic rings. The lowest BCUT2D eigenvalue weighted by molar-refractivity contribution is 0.283. The molecule has 1 aromatic rings. The average molecular weight is 283 g/mol. The zero-order valence-electron chi connectivity index (χ0n) is 12.1. The predicted octanol–water partition coefficient (Wildman–Crippen LogP) is 4.08. The van der Waals surface area contributed by atoms with E-state index in [2.05, 4.69) is 0 Å². The maximum absolute atomic E-state index is 7.51. The molecule has 0 unspecified atom stereocenters. The van der Waals surface area contributed by atoms with Crippen LogP contribution in [0.1, 0.15) is 37.8 Å². The van der Waals surface area contributed by atoms with Crippen LogP contribution in [0.5, 0.6) is 5.75 Å². The lowest BCUT2D eigenvalue weighted by Gasteiger charge is -2.23. The van der Waals surface area contributed by atoms with Gasteiger partial charge in [0.2, 0.25) is 0 Å². The van der Waals surface area contributed by atoms with Gasteiger partial charge in [-0.1, -0.05) is 25.4 Å². The van der Waals surface area contributed by atoms with Crippen LogP contribution in [-0.2, 0) is 0 Å². The van der Waals surface area contributed by atoms with Crippen molar-refractivity contribution in [1.82, 2.24) is 0 Å². The van der Waals surface area contributed by atoms with Crippen LogP contribution < -0.4 is 10.5 Å². The van der Waals surface area contributed by atoms with E-state index in [1.54, 1.807) is 0 Å². The van der Waals surface area contributed by atoms with E-state index in [0.717, 1.165) is 34.7 Å². The normalized spacial score (nSPS) is 11.4. The number of rotatable bonds is 6. The molecule has 0 heterocycles. The summed E-state index contributed by atoms with van der Waals surface area (Å²) in [5.74, 6) is 1.14. The van der Waals surface area contributed by atoms with Gasteiger partial charge >= 0.3 is 0 Å². The van der Waals surface area contributed by atoms with Crippen LogP contribution in [0.25, 0.3) is 0 Å². The topological polar surface area (TPSA) is 59.1 Å². The third-order valence-corrected chi connectivity index (χ3v) is 3.56. The highest BCUT2D eigenvalue weighted by Gasteiger charge is 2.20. The van der Waals surface area contributed by atoms with Gasteiger partial charge in [0.1, 0.15) is 5.75 Å². The Kier molecular flexibility index (Phi) is 5.24. The molecule has 0 spiro atoms. The van der Waals surface area contributed by atoms with E-state index in [9.17, 15) is 0 Å². The summed E-state index contributed by atoms with van der Waals surface area (Å²) in [6.45, 7) is 8.57. The molecule has 1 aromatic carbocycles. The number of aryl methyl sites for hydroxylation is 2. The minimum absolute atomic E-state index is 0.228. The van der Waals surface area contributed by atoms with Gasteiger partial charge in [-0.05, 0) is 49.9 Å². The standard InChI is InChI=1S/C15H23ClN2O/c1-10-8-12(16)9-11(2)13(10)19-7-5-6-15(3,4)14(17)18/h8-9H,5-7H2,1-4H3,(H3,17,18). The summed E-state index contributed by atoms with van der Waals surface area (Å²) in [6, 6.07) is 3.81. The van der Waals surface area contributed by atoms with Crippen molar-refractivity contribution in [2.24, 2.45) is 11.1 Å². The molecule has 0 saturated carbocycles. The number of benzene rings is 1. The second kappa shape index (κ2) is 6.29. The number of halogens is 1. The van der Waals surface area contributed by atoms with Crippen molar-refractivity contribution in [3.05, 3.63) is 28.3 Å². The summed E-state index contributed by atoms with van der Waals surface area (Å²) in [5.41, 5.74) is 7.40. The molecule has 0 aliphatic heterocycles. The van der Waals surface area contributed by atoms with E-state index < -0.39 is 0 Å². The fourth-order valence-corrected chi connectivity index (χ4v) is 2.28. The number of amidine groups is 1. The molecule has 3 N–H and O–H groups in total. The second-order valence-electron chi connectivity index (χ2n) is 5.62. The number of nitrogens with one attached hydrogen (secondary N) is 1. The lowest BCUT2D eigenvalue weighted by Crippen LogP contribution is -2.31. The summed E-state index contributed by atoms with van der Waals surface area (Å²) in [7, 11) is 0. The SMILES string of the molecule is Cc1cc(Cl)cc(C)c1OCCCC(C)(C)C(=N)N. The van der Waals surface area contributed by atoms with Crippen molar-refractivity contribution in [3.8, 4) is 5.75 Å². The van der Waals surface area contributed by atoms with Crippen molar-refractivity contribution in [2.75, 3.05) is 6.61 Å². The van der Waals surface area contributed by atoms with Gasteiger partial charge in [0.15, 0.2) is 0 Å². The van der Waals surface area contributed by atoms with E-state index in [1.165, 1.54) is 0 Å². The van der Waals surface area contributed by atoms with E-state index >= 15 is 0 Å². The van der Waals surface area contributed by atoms with E-state index in [1.807, 2.05) is 39.8 Å². The molecule has 0 atom stereocenters. The van der Waals surface area contributed by atoms with Crippen LogP contribution >= 0.6 is 11.6 Å². The fraction of sp³-hybridized carbons (Fsp3) is 0.533. The number of hydrogen-bond acceptors (Lipinski definition) is 2. The predicted molar refractivity (Wildman–Crippen MR) is 81.4 cm³/mol. The molecule has 0 aromatic heterocycles. The first-order chi connectivity index (χ1) is 8.74. The quantitative estimate of drug-likeness (QED) is 0.469. The van der Waals surface area contributed by atoms with E-state index in [0.29, 0.717) is 6.61 Å². The fourth-order valence-electron chi connectivity index (χ4n) is 1.95. The average Bonchev–Trinajstić information content (AvgIpc) is 2.26. The summed E-state index contributed by atoms with van der Waals surface area (Å²) >= 11 is 5.99. The van der Waals surface area contributed by atoms with Crippen LogP contribution in [0, 0.1) is 24.7 Å². The van der Waals surface area contributed by atoms with Gasteiger partial charge in [-0.15, -0.1) is 0 Å². The molecule has 106 valence electrons. The summed E-state index contributed by atoms with van der Waals surface area (Å²) in [5, 5.41) is 8.25. The highest BCUT2D eigenvalue weighted by Crippen LogP contribution is 2.28. The molecule has 3 nitrogen and oxygen atoms in total. The Morgan fingerprint density at radius 3 is 2.32 bits per heavy atom. The smallest absolute Gasteiger partial charge is 0.125 e. The number of hydrogen-bond donors (Lipinski definition) is 2. The van der Waals surface area contributed by atoms with E-state index in [-0.39, 0.29) is 11.3 Å². The number of ether oxygens (including phenoxy) is 1. The Morgan fingerprint density at radius 2 is 1.84 bits per heavy atom. The summed E-state index contributed by atoms with van der Waals surface area (Å²) < 4.78 is 5.83. The zero-order chi connectivity index (χ0) is 14.6. The molecular weight excluding hydrogens is 260 g/mol.